The van der Waals surface area contributed by atoms with Gasteiger partial charge in [-0.25, -0.2) is 4.52 Å². The van der Waals surface area contributed by atoms with Crippen molar-refractivity contribution in [2.24, 2.45) is 4.52 Å². The molecule has 4 heteroatoms. The van der Waals surface area contributed by atoms with Crippen molar-refractivity contribution in [1.29, 1.82) is 0 Å². The van der Waals surface area contributed by atoms with Crippen LogP contribution in [0.1, 0.15) is 12.8 Å². The molecule has 1 aliphatic rings. The zero-order valence-electron chi connectivity index (χ0n) is 4.55. The highest BCUT2D eigenvalue weighted by atomic mass is 31.1. The summed E-state index contributed by atoms with van der Waals surface area (Å²) in [6.07, 6.45) is 2.39. The summed E-state index contributed by atoms with van der Waals surface area (Å²) in [5.74, 6) is 0.424. The lowest BCUT2D eigenvalue weighted by molar-refractivity contribution is 0.171. The molecule has 2 unspecified atom stereocenters. The maximum absolute atomic E-state index is 5.28. The minimum absolute atomic E-state index is 0.424. The quantitative estimate of drug-likeness (QED) is 0.550. The van der Waals surface area contributed by atoms with E-state index < -0.39 is 0 Å². The highest BCUT2D eigenvalue weighted by molar-refractivity contribution is 7.41. The molecule has 0 aliphatic carbocycles. The van der Waals surface area contributed by atoms with Crippen LogP contribution in [0.25, 0.3) is 0 Å². The standard InChI is InChI=1S/C4H9NOP2/c7-5-8-4-2-1-3-6-4/h4,7-8H,1-3H2. The van der Waals surface area contributed by atoms with Gasteiger partial charge in [-0.1, -0.05) is 0 Å². The SMILES string of the molecule is P=NPC1CCCO1. The molecule has 0 aromatic rings. The first-order chi connectivity index (χ1) is 3.93. The van der Waals surface area contributed by atoms with Crippen molar-refractivity contribution in [2.75, 3.05) is 6.61 Å². The number of hydrogen-bond acceptors (Lipinski definition) is 2. The molecule has 0 N–H and O–H groups in total. The van der Waals surface area contributed by atoms with Gasteiger partial charge in [-0.15, -0.1) is 0 Å². The molecule has 2 atom stereocenters. The first kappa shape index (κ1) is 6.61. The Hall–Kier alpha value is 0.490. The fraction of sp³-hybridized carbons (Fsp3) is 1.00. The van der Waals surface area contributed by atoms with E-state index in [0.717, 1.165) is 6.61 Å². The van der Waals surface area contributed by atoms with E-state index in [1.807, 2.05) is 0 Å². The number of nitrogens with zero attached hydrogens (tertiary/aromatic N) is 1. The van der Waals surface area contributed by atoms with Crippen LogP contribution in [0.2, 0.25) is 0 Å². The van der Waals surface area contributed by atoms with Gasteiger partial charge in [0.2, 0.25) is 0 Å². The Balaban J connectivity index is 2.14. The van der Waals surface area contributed by atoms with Gasteiger partial charge in [0.05, 0.1) is 5.85 Å². The van der Waals surface area contributed by atoms with Gasteiger partial charge in [-0.3, -0.25) is 0 Å². The summed E-state index contributed by atoms with van der Waals surface area (Å²) in [5, 5.41) is 0. The molecule has 0 radical (unpaired) electrons. The van der Waals surface area contributed by atoms with Crippen LogP contribution in [0.3, 0.4) is 0 Å². The Labute approximate surface area is 53.1 Å². The van der Waals surface area contributed by atoms with Gasteiger partial charge in [-0.2, -0.15) is 0 Å². The molecule has 1 rings (SSSR count). The second kappa shape index (κ2) is 3.50. The van der Waals surface area contributed by atoms with E-state index in [0.29, 0.717) is 14.6 Å². The third-order valence-electron chi connectivity index (χ3n) is 1.14. The molecule has 1 fully saturated rings. The van der Waals surface area contributed by atoms with E-state index in [2.05, 4.69) is 13.5 Å². The molecule has 2 nitrogen and oxygen atoms in total. The second-order valence-corrected chi connectivity index (χ2v) is 3.54. The van der Waals surface area contributed by atoms with Crippen LogP contribution in [0, 0.1) is 0 Å². The van der Waals surface area contributed by atoms with Crippen LogP contribution in [-0.4, -0.2) is 12.5 Å². The maximum atomic E-state index is 5.28. The van der Waals surface area contributed by atoms with Crippen LogP contribution in [-0.2, 0) is 4.74 Å². The van der Waals surface area contributed by atoms with Crippen molar-refractivity contribution in [3.63, 3.8) is 0 Å². The molecular weight excluding hydrogens is 140 g/mol. The van der Waals surface area contributed by atoms with Crippen LogP contribution in [0.15, 0.2) is 4.52 Å². The van der Waals surface area contributed by atoms with Gasteiger partial charge in [-0.05, 0) is 21.9 Å². The summed E-state index contributed by atoms with van der Waals surface area (Å²) in [6.45, 7) is 0.930. The van der Waals surface area contributed by atoms with Crippen molar-refractivity contribution < 1.29 is 4.74 Å². The Kier molecular flexibility index (Phi) is 2.89. The molecule has 1 saturated heterocycles. The average molecular weight is 149 g/mol. The molecule has 1 aliphatic heterocycles. The third-order valence-corrected chi connectivity index (χ3v) is 2.40. The average Bonchev–Trinajstić information content (AvgIpc) is 2.19. The highest BCUT2D eigenvalue weighted by Gasteiger charge is 2.13. The second-order valence-electron chi connectivity index (χ2n) is 1.74. The van der Waals surface area contributed by atoms with Gasteiger partial charge in [0.15, 0.2) is 0 Å². The van der Waals surface area contributed by atoms with E-state index >= 15 is 0 Å². The zero-order chi connectivity index (χ0) is 5.82. The molecular formula is C4H9NOP2. The Morgan fingerprint density at radius 3 is 3.12 bits per heavy atom. The van der Waals surface area contributed by atoms with E-state index in [1.165, 1.54) is 12.8 Å². The Bertz CT molecular complexity index is 82.1. The number of rotatable bonds is 2. The van der Waals surface area contributed by atoms with Gasteiger partial charge in [0, 0.05) is 15.3 Å². The smallest absolute Gasteiger partial charge is 0.0948 e. The minimum Gasteiger partial charge on any atom is -0.372 e. The molecule has 0 aromatic carbocycles. The molecule has 0 saturated carbocycles. The summed E-state index contributed by atoms with van der Waals surface area (Å²) in [4.78, 5) is 0. The van der Waals surface area contributed by atoms with E-state index in [4.69, 9.17) is 4.74 Å². The third kappa shape index (κ3) is 1.78. The molecule has 0 amide bonds. The van der Waals surface area contributed by atoms with Crippen LogP contribution in [0.5, 0.6) is 0 Å². The lowest BCUT2D eigenvalue weighted by atomic mass is 10.4. The largest absolute Gasteiger partial charge is 0.372 e. The molecule has 1 heterocycles. The van der Waals surface area contributed by atoms with E-state index in [9.17, 15) is 0 Å². The lowest BCUT2D eigenvalue weighted by Gasteiger charge is -2.01. The zero-order valence-corrected chi connectivity index (χ0v) is 6.55. The molecule has 0 spiro atoms. The van der Waals surface area contributed by atoms with Gasteiger partial charge >= 0.3 is 0 Å². The van der Waals surface area contributed by atoms with E-state index in [1.54, 1.807) is 0 Å². The molecule has 8 heavy (non-hydrogen) atoms. The van der Waals surface area contributed by atoms with Crippen molar-refractivity contribution in [3.05, 3.63) is 0 Å². The molecule has 46 valence electrons. The summed E-state index contributed by atoms with van der Waals surface area (Å²) in [5.41, 5.74) is 0. The van der Waals surface area contributed by atoms with Crippen molar-refractivity contribution >= 4 is 17.8 Å². The van der Waals surface area contributed by atoms with Crippen molar-refractivity contribution in [2.45, 2.75) is 18.7 Å². The summed E-state index contributed by atoms with van der Waals surface area (Å²) >= 11 is 0. The molecule has 0 bridgehead atoms. The fourth-order valence-corrected chi connectivity index (χ4v) is 1.85. The predicted molar refractivity (Wildman–Crippen MR) is 38.0 cm³/mol. The number of ether oxygens (including phenoxy) is 1. The van der Waals surface area contributed by atoms with Crippen molar-refractivity contribution in [3.8, 4) is 0 Å². The van der Waals surface area contributed by atoms with Crippen molar-refractivity contribution in [1.82, 2.24) is 0 Å². The maximum Gasteiger partial charge on any atom is 0.0948 e. The Morgan fingerprint density at radius 1 is 1.75 bits per heavy atom. The predicted octanol–water partition coefficient (Wildman–Crippen LogP) is 2.04. The fourth-order valence-electron chi connectivity index (χ4n) is 0.751. The van der Waals surface area contributed by atoms with Gasteiger partial charge < -0.3 is 4.74 Å². The summed E-state index contributed by atoms with van der Waals surface area (Å²) in [6, 6.07) is 0. The highest BCUT2D eigenvalue weighted by Crippen LogP contribution is 2.30. The number of hydrogen-bond donors (Lipinski definition) is 0. The van der Waals surface area contributed by atoms with E-state index in [-0.39, 0.29) is 0 Å². The van der Waals surface area contributed by atoms with Crippen LogP contribution >= 0.6 is 17.8 Å². The van der Waals surface area contributed by atoms with Crippen LogP contribution in [0.4, 0.5) is 0 Å². The van der Waals surface area contributed by atoms with Crippen LogP contribution < -0.4 is 0 Å². The summed E-state index contributed by atoms with van der Waals surface area (Å²) in [7, 11) is 3.64. The molecule has 0 aromatic heterocycles. The minimum atomic E-state index is 0.424. The first-order valence-electron chi connectivity index (χ1n) is 2.67. The first-order valence-corrected chi connectivity index (χ1v) is 4.14. The van der Waals surface area contributed by atoms with Gasteiger partial charge in [0.1, 0.15) is 0 Å². The Morgan fingerprint density at radius 2 is 2.62 bits per heavy atom. The normalized spacial score (nSPS) is 29.8. The summed E-state index contributed by atoms with van der Waals surface area (Å²) < 4.78 is 9.11. The van der Waals surface area contributed by atoms with Gasteiger partial charge in [0.25, 0.3) is 0 Å². The lowest BCUT2D eigenvalue weighted by Crippen LogP contribution is -1.92. The topological polar surface area (TPSA) is 21.6 Å². The monoisotopic (exact) mass is 149 g/mol.